The standard InChI is InChI=1S/C12H20N2/c1-11-4-6-12(10-13,7-5-11)14-8-2-3-9-14/h11H,2-9H2,1H3. The quantitative estimate of drug-likeness (QED) is 0.638. The summed E-state index contributed by atoms with van der Waals surface area (Å²) in [4.78, 5) is 2.44. The molecule has 0 aromatic heterocycles. The molecule has 0 spiro atoms. The van der Waals surface area contributed by atoms with E-state index in [-0.39, 0.29) is 5.54 Å². The fourth-order valence-electron chi connectivity index (χ4n) is 2.88. The Balaban J connectivity index is 2.06. The van der Waals surface area contributed by atoms with Crippen LogP contribution in [0.2, 0.25) is 0 Å². The molecule has 1 saturated carbocycles. The fraction of sp³-hybridized carbons (Fsp3) is 0.917. The maximum Gasteiger partial charge on any atom is 0.109 e. The summed E-state index contributed by atoms with van der Waals surface area (Å²) in [7, 11) is 0. The monoisotopic (exact) mass is 192 g/mol. The van der Waals surface area contributed by atoms with E-state index in [1.165, 1.54) is 25.7 Å². The molecule has 2 rings (SSSR count). The zero-order valence-electron chi connectivity index (χ0n) is 9.13. The van der Waals surface area contributed by atoms with Gasteiger partial charge in [0.2, 0.25) is 0 Å². The minimum atomic E-state index is -0.0803. The lowest BCUT2D eigenvalue weighted by molar-refractivity contribution is 0.109. The second-order valence-electron chi connectivity index (χ2n) is 5.02. The van der Waals surface area contributed by atoms with Gasteiger partial charge in [-0.15, -0.1) is 0 Å². The Labute approximate surface area is 86.9 Å². The minimum Gasteiger partial charge on any atom is -0.286 e. The topological polar surface area (TPSA) is 27.0 Å². The summed E-state index contributed by atoms with van der Waals surface area (Å²) in [5, 5.41) is 9.40. The number of nitrogens with zero attached hydrogens (tertiary/aromatic N) is 2. The van der Waals surface area contributed by atoms with Gasteiger partial charge in [-0.25, -0.2) is 0 Å². The first-order chi connectivity index (χ1) is 6.77. The van der Waals surface area contributed by atoms with Crippen molar-refractivity contribution in [2.45, 2.75) is 51.0 Å². The van der Waals surface area contributed by atoms with Crippen molar-refractivity contribution in [3.8, 4) is 6.07 Å². The predicted molar refractivity (Wildman–Crippen MR) is 56.8 cm³/mol. The maximum atomic E-state index is 9.40. The largest absolute Gasteiger partial charge is 0.286 e. The van der Waals surface area contributed by atoms with Crippen molar-refractivity contribution in [3.05, 3.63) is 0 Å². The van der Waals surface area contributed by atoms with E-state index >= 15 is 0 Å². The Morgan fingerprint density at radius 3 is 2.29 bits per heavy atom. The zero-order valence-corrected chi connectivity index (χ0v) is 9.13. The molecule has 1 heterocycles. The van der Waals surface area contributed by atoms with Crippen LogP contribution in [0.1, 0.15) is 45.4 Å². The van der Waals surface area contributed by atoms with Crippen LogP contribution in [0.25, 0.3) is 0 Å². The summed E-state index contributed by atoms with van der Waals surface area (Å²) in [5.41, 5.74) is -0.0803. The van der Waals surface area contributed by atoms with Crippen molar-refractivity contribution in [1.82, 2.24) is 4.90 Å². The van der Waals surface area contributed by atoms with Crippen LogP contribution in [0, 0.1) is 17.2 Å². The third kappa shape index (κ3) is 1.66. The van der Waals surface area contributed by atoms with Crippen LogP contribution in [-0.2, 0) is 0 Å². The molecule has 0 atom stereocenters. The van der Waals surface area contributed by atoms with Gasteiger partial charge >= 0.3 is 0 Å². The van der Waals surface area contributed by atoms with E-state index in [0.717, 1.165) is 31.8 Å². The number of nitriles is 1. The smallest absolute Gasteiger partial charge is 0.109 e. The SMILES string of the molecule is CC1CCC(C#N)(N2CCCC2)CC1. The average Bonchev–Trinajstić information content (AvgIpc) is 2.73. The molecule has 2 aliphatic rings. The first-order valence-corrected chi connectivity index (χ1v) is 5.93. The highest BCUT2D eigenvalue weighted by Crippen LogP contribution is 2.37. The van der Waals surface area contributed by atoms with Gasteiger partial charge in [-0.05, 0) is 57.5 Å². The predicted octanol–water partition coefficient (Wildman–Crippen LogP) is 2.55. The second-order valence-corrected chi connectivity index (χ2v) is 5.02. The molecule has 1 aliphatic carbocycles. The molecule has 78 valence electrons. The van der Waals surface area contributed by atoms with Gasteiger partial charge < -0.3 is 0 Å². The molecule has 0 aromatic rings. The summed E-state index contributed by atoms with van der Waals surface area (Å²) in [5.74, 6) is 0.832. The van der Waals surface area contributed by atoms with E-state index in [9.17, 15) is 5.26 Å². The highest BCUT2D eigenvalue weighted by atomic mass is 15.2. The first kappa shape index (κ1) is 9.98. The summed E-state index contributed by atoms with van der Waals surface area (Å²) < 4.78 is 0. The molecule has 0 N–H and O–H groups in total. The zero-order chi connectivity index (χ0) is 10.0. The van der Waals surface area contributed by atoms with E-state index in [1.807, 2.05) is 0 Å². The number of likely N-dealkylation sites (tertiary alicyclic amines) is 1. The normalized spacial score (nSPS) is 39.6. The Morgan fingerprint density at radius 1 is 1.21 bits per heavy atom. The number of hydrogen-bond donors (Lipinski definition) is 0. The summed E-state index contributed by atoms with van der Waals surface area (Å²) in [6.45, 7) is 4.62. The fourth-order valence-corrected chi connectivity index (χ4v) is 2.88. The van der Waals surface area contributed by atoms with Crippen LogP contribution in [0.15, 0.2) is 0 Å². The van der Waals surface area contributed by atoms with Gasteiger partial charge in [-0.3, -0.25) is 4.90 Å². The molecule has 0 unspecified atom stereocenters. The molecule has 2 nitrogen and oxygen atoms in total. The van der Waals surface area contributed by atoms with Crippen LogP contribution in [-0.4, -0.2) is 23.5 Å². The minimum absolute atomic E-state index is 0.0803. The van der Waals surface area contributed by atoms with Crippen molar-refractivity contribution in [3.63, 3.8) is 0 Å². The van der Waals surface area contributed by atoms with Crippen LogP contribution in [0.4, 0.5) is 0 Å². The van der Waals surface area contributed by atoms with Crippen molar-refractivity contribution in [1.29, 1.82) is 5.26 Å². The average molecular weight is 192 g/mol. The lowest BCUT2D eigenvalue weighted by Gasteiger charge is -2.40. The van der Waals surface area contributed by atoms with Gasteiger partial charge in [-0.1, -0.05) is 6.92 Å². The maximum absolute atomic E-state index is 9.40. The molecule has 0 amide bonds. The number of rotatable bonds is 1. The van der Waals surface area contributed by atoms with Crippen molar-refractivity contribution in [2.75, 3.05) is 13.1 Å². The molecule has 0 radical (unpaired) electrons. The molecule has 1 saturated heterocycles. The van der Waals surface area contributed by atoms with Gasteiger partial charge in [0.25, 0.3) is 0 Å². The van der Waals surface area contributed by atoms with Crippen LogP contribution in [0.3, 0.4) is 0 Å². The third-order valence-electron chi connectivity index (χ3n) is 4.02. The Kier molecular flexibility index (Phi) is 2.78. The molecule has 2 fully saturated rings. The molecule has 2 heteroatoms. The van der Waals surface area contributed by atoms with Crippen LogP contribution in [0.5, 0.6) is 0 Å². The van der Waals surface area contributed by atoms with Gasteiger partial charge in [0, 0.05) is 0 Å². The third-order valence-corrected chi connectivity index (χ3v) is 4.02. The summed E-state index contributed by atoms with van der Waals surface area (Å²) >= 11 is 0. The highest BCUT2D eigenvalue weighted by molar-refractivity contribution is 5.11. The van der Waals surface area contributed by atoms with Gasteiger partial charge in [0.1, 0.15) is 5.54 Å². The molecular formula is C12H20N2. The lowest BCUT2D eigenvalue weighted by atomic mass is 9.77. The van der Waals surface area contributed by atoms with E-state index in [0.29, 0.717) is 0 Å². The van der Waals surface area contributed by atoms with Gasteiger partial charge in [0.15, 0.2) is 0 Å². The molecule has 1 aliphatic heterocycles. The van der Waals surface area contributed by atoms with E-state index in [2.05, 4.69) is 17.9 Å². The Hall–Kier alpha value is -0.550. The van der Waals surface area contributed by atoms with E-state index < -0.39 is 0 Å². The summed E-state index contributed by atoms with van der Waals surface area (Å²) in [6, 6.07) is 2.61. The second kappa shape index (κ2) is 3.90. The van der Waals surface area contributed by atoms with Gasteiger partial charge in [-0.2, -0.15) is 5.26 Å². The Morgan fingerprint density at radius 2 is 1.79 bits per heavy atom. The van der Waals surface area contributed by atoms with Crippen molar-refractivity contribution in [2.24, 2.45) is 5.92 Å². The molecular weight excluding hydrogens is 172 g/mol. The lowest BCUT2D eigenvalue weighted by Crippen LogP contribution is -2.48. The molecule has 0 aromatic carbocycles. The highest BCUT2D eigenvalue weighted by Gasteiger charge is 2.40. The van der Waals surface area contributed by atoms with Crippen molar-refractivity contribution < 1.29 is 0 Å². The van der Waals surface area contributed by atoms with E-state index in [4.69, 9.17) is 0 Å². The van der Waals surface area contributed by atoms with Crippen molar-refractivity contribution >= 4 is 0 Å². The van der Waals surface area contributed by atoms with Crippen LogP contribution >= 0.6 is 0 Å². The van der Waals surface area contributed by atoms with E-state index in [1.54, 1.807) is 0 Å². The van der Waals surface area contributed by atoms with Crippen LogP contribution < -0.4 is 0 Å². The Bertz CT molecular complexity index is 227. The first-order valence-electron chi connectivity index (χ1n) is 5.93. The molecule has 0 bridgehead atoms. The van der Waals surface area contributed by atoms with Gasteiger partial charge in [0.05, 0.1) is 6.07 Å². The molecule has 14 heavy (non-hydrogen) atoms. The summed E-state index contributed by atoms with van der Waals surface area (Å²) in [6.07, 6.45) is 7.27. The number of hydrogen-bond acceptors (Lipinski definition) is 2.